The minimum atomic E-state index is -3.83. The third-order valence-electron chi connectivity index (χ3n) is 5.54. The van der Waals surface area contributed by atoms with E-state index in [2.05, 4.69) is 4.98 Å². The summed E-state index contributed by atoms with van der Waals surface area (Å²) in [6.07, 6.45) is 3.06. The standard InChI is InChI=1S/C23H21N3O6S/c1-30-23-12-9-17(13-24-23)32-20-4-2-3-18-19(20)10-11-21(18)31-16-7-5-15(6-8-16)26-14-22(27)25-33(26,28)29/h2-9,12-13,21H,10-11,14H2,1H3,(H,25,27)/t21-/m1/s1. The first-order valence-electron chi connectivity index (χ1n) is 10.3. The van der Waals surface area contributed by atoms with Crippen LogP contribution in [0.3, 0.4) is 0 Å². The van der Waals surface area contributed by atoms with Gasteiger partial charge in [0, 0.05) is 11.6 Å². The Balaban J connectivity index is 1.31. The third kappa shape index (κ3) is 4.17. The average molecular weight is 468 g/mol. The zero-order valence-corrected chi connectivity index (χ0v) is 18.5. The molecule has 1 fully saturated rings. The van der Waals surface area contributed by atoms with Crippen LogP contribution in [-0.2, 0) is 21.4 Å². The van der Waals surface area contributed by atoms with Gasteiger partial charge in [0.05, 0.1) is 19.0 Å². The number of amides is 1. The Bertz CT molecular complexity index is 1290. The molecule has 1 aromatic heterocycles. The minimum absolute atomic E-state index is 0.151. The van der Waals surface area contributed by atoms with Crippen LogP contribution in [0, 0.1) is 0 Å². The maximum Gasteiger partial charge on any atom is 0.326 e. The first-order chi connectivity index (χ1) is 15.9. The summed E-state index contributed by atoms with van der Waals surface area (Å²) < 4.78 is 44.3. The molecule has 1 saturated heterocycles. The van der Waals surface area contributed by atoms with Crippen molar-refractivity contribution in [3.8, 4) is 23.1 Å². The van der Waals surface area contributed by atoms with E-state index in [4.69, 9.17) is 14.2 Å². The number of methoxy groups -OCH3 is 1. The molecule has 1 atom stereocenters. The van der Waals surface area contributed by atoms with E-state index >= 15 is 0 Å². The number of nitrogens with one attached hydrogen (secondary N) is 1. The second-order valence-electron chi connectivity index (χ2n) is 7.64. The number of hydrogen-bond acceptors (Lipinski definition) is 7. The number of pyridine rings is 1. The Morgan fingerprint density at radius 2 is 1.85 bits per heavy atom. The highest BCUT2D eigenvalue weighted by atomic mass is 32.2. The van der Waals surface area contributed by atoms with Gasteiger partial charge in [-0.25, -0.2) is 14.0 Å². The van der Waals surface area contributed by atoms with Gasteiger partial charge in [-0.2, -0.15) is 8.42 Å². The van der Waals surface area contributed by atoms with E-state index in [-0.39, 0.29) is 12.6 Å². The number of fused-ring (bicyclic) bond motifs is 1. The van der Waals surface area contributed by atoms with E-state index in [0.717, 1.165) is 34.0 Å². The Kier molecular flexibility index (Phi) is 5.29. The molecule has 1 amide bonds. The Hall–Kier alpha value is -3.79. The van der Waals surface area contributed by atoms with E-state index in [0.29, 0.717) is 23.1 Å². The fourth-order valence-electron chi connectivity index (χ4n) is 4.01. The second kappa shape index (κ2) is 8.28. The number of nitrogens with zero attached hydrogens (tertiary/aromatic N) is 2. The maximum atomic E-state index is 12.0. The molecule has 1 N–H and O–H groups in total. The summed E-state index contributed by atoms with van der Waals surface area (Å²) in [4.78, 5) is 15.6. The molecule has 5 rings (SSSR count). The number of carbonyl (C=O) groups excluding carboxylic acids is 1. The summed E-state index contributed by atoms with van der Waals surface area (Å²) in [5.41, 5.74) is 2.54. The van der Waals surface area contributed by atoms with Gasteiger partial charge in [0.15, 0.2) is 0 Å². The SMILES string of the molecule is COc1ccc(Oc2cccc3c2CC[C@H]3Oc2ccc(N3CC(=O)NS3(=O)=O)cc2)cn1. The first kappa shape index (κ1) is 21.1. The topological polar surface area (TPSA) is 107 Å². The summed E-state index contributed by atoms with van der Waals surface area (Å²) in [5, 5.41) is 0. The highest BCUT2D eigenvalue weighted by molar-refractivity contribution is 7.92. The Morgan fingerprint density at radius 3 is 2.52 bits per heavy atom. The van der Waals surface area contributed by atoms with Crippen molar-refractivity contribution in [3.05, 3.63) is 71.9 Å². The van der Waals surface area contributed by atoms with Gasteiger partial charge in [-0.15, -0.1) is 0 Å². The smallest absolute Gasteiger partial charge is 0.326 e. The van der Waals surface area contributed by atoms with E-state index in [1.165, 1.54) is 0 Å². The van der Waals surface area contributed by atoms with Gasteiger partial charge in [0.25, 0.3) is 5.91 Å². The van der Waals surface area contributed by atoms with E-state index in [9.17, 15) is 13.2 Å². The van der Waals surface area contributed by atoms with E-state index in [1.54, 1.807) is 49.7 Å². The van der Waals surface area contributed by atoms with Crippen LogP contribution in [0.1, 0.15) is 23.7 Å². The average Bonchev–Trinajstić information content (AvgIpc) is 3.34. The fourth-order valence-corrected chi connectivity index (χ4v) is 5.16. The zero-order valence-electron chi connectivity index (χ0n) is 17.7. The van der Waals surface area contributed by atoms with Crippen molar-refractivity contribution in [3.63, 3.8) is 0 Å². The van der Waals surface area contributed by atoms with Gasteiger partial charge in [-0.1, -0.05) is 12.1 Å². The van der Waals surface area contributed by atoms with Gasteiger partial charge in [0.1, 0.15) is 29.9 Å². The molecule has 2 aliphatic rings. The lowest BCUT2D eigenvalue weighted by Crippen LogP contribution is -2.29. The van der Waals surface area contributed by atoms with Crippen LogP contribution in [0.2, 0.25) is 0 Å². The number of anilines is 1. The minimum Gasteiger partial charge on any atom is -0.486 e. The van der Waals surface area contributed by atoms with Crippen molar-refractivity contribution in [2.45, 2.75) is 18.9 Å². The molecule has 170 valence electrons. The molecule has 2 heterocycles. The van der Waals surface area contributed by atoms with Crippen LogP contribution < -0.4 is 23.2 Å². The van der Waals surface area contributed by atoms with E-state index < -0.39 is 16.1 Å². The lowest BCUT2D eigenvalue weighted by molar-refractivity contribution is -0.117. The predicted octanol–water partition coefficient (Wildman–Crippen LogP) is 3.13. The predicted molar refractivity (Wildman–Crippen MR) is 120 cm³/mol. The molecule has 0 spiro atoms. The van der Waals surface area contributed by atoms with E-state index in [1.807, 2.05) is 22.9 Å². The number of hydrogen-bond donors (Lipinski definition) is 1. The molecular formula is C23H21N3O6S. The lowest BCUT2D eigenvalue weighted by Gasteiger charge is -2.18. The summed E-state index contributed by atoms with van der Waals surface area (Å²) >= 11 is 0. The van der Waals surface area contributed by atoms with Crippen molar-refractivity contribution in [1.82, 2.24) is 9.71 Å². The molecule has 33 heavy (non-hydrogen) atoms. The van der Waals surface area contributed by atoms with Crippen LogP contribution >= 0.6 is 0 Å². The molecule has 0 saturated carbocycles. The zero-order chi connectivity index (χ0) is 23.0. The van der Waals surface area contributed by atoms with Crippen LogP contribution in [0.15, 0.2) is 60.8 Å². The summed E-state index contributed by atoms with van der Waals surface area (Å²) in [5.74, 6) is 1.95. The summed E-state index contributed by atoms with van der Waals surface area (Å²) in [6, 6.07) is 16.1. The Morgan fingerprint density at radius 1 is 1.06 bits per heavy atom. The molecule has 1 aliphatic carbocycles. The fraction of sp³-hybridized carbons (Fsp3) is 0.217. The highest BCUT2D eigenvalue weighted by Crippen LogP contribution is 2.41. The Labute approximate surface area is 191 Å². The highest BCUT2D eigenvalue weighted by Gasteiger charge is 2.34. The second-order valence-corrected chi connectivity index (χ2v) is 9.23. The molecule has 2 aromatic carbocycles. The first-order valence-corrected chi connectivity index (χ1v) is 11.8. The van der Waals surface area contributed by atoms with Gasteiger partial charge in [-0.05, 0) is 54.8 Å². The van der Waals surface area contributed by atoms with Gasteiger partial charge < -0.3 is 14.2 Å². The van der Waals surface area contributed by atoms with Crippen LogP contribution in [0.5, 0.6) is 23.1 Å². The molecule has 3 aromatic rings. The largest absolute Gasteiger partial charge is 0.486 e. The normalized spacial score (nSPS) is 18.5. The molecule has 0 unspecified atom stereocenters. The molecule has 9 nitrogen and oxygen atoms in total. The van der Waals surface area contributed by atoms with Crippen LogP contribution in [0.4, 0.5) is 5.69 Å². The van der Waals surface area contributed by atoms with Crippen molar-refractivity contribution in [2.75, 3.05) is 18.0 Å². The van der Waals surface area contributed by atoms with Gasteiger partial charge in [0.2, 0.25) is 5.88 Å². The molecule has 10 heteroatoms. The van der Waals surface area contributed by atoms with Crippen LogP contribution in [-0.4, -0.2) is 33.0 Å². The quantitative estimate of drug-likeness (QED) is 0.594. The van der Waals surface area contributed by atoms with Gasteiger partial charge >= 0.3 is 10.2 Å². The van der Waals surface area contributed by atoms with Crippen molar-refractivity contribution >= 4 is 21.8 Å². The molecule has 0 bridgehead atoms. The number of aromatic nitrogens is 1. The van der Waals surface area contributed by atoms with Crippen molar-refractivity contribution in [1.29, 1.82) is 0 Å². The molecule has 1 aliphatic heterocycles. The lowest BCUT2D eigenvalue weighted by atomic mass is 10.1. The summed E-state index contributed by atoms with van der Waals surface area (Å²) in [6.45, 7) is -0.231. The molecule has 0 radical (unpaired) electrons. The van der Waals surface area contributed by atoms with Crippen molar-refractivity contribution in [2.24, 2.45) is 0 Å². The van der Waals surface area contributed by atoms with Crippen molar-refractivity contribution < 1.29 is 27.4 Å². The summed E-state index contributed by atoms with van der Waals surface area (Å²) in [7, 11) is -2.27. The van der Waals surface area contributed by atoms with Crippen LogP contribution in [0.25, 0.3) is 0 Å². The van der Waals surface area contributed by atoms with Gasteiger partial charge in [-0.3, -0.25) is 4.79 Å². The number of rotatable bonds is 6. The third-order valence-corrected chi connectivity index (χ3v) is 6.95. The monoisotopic (exact) mass is 467 g/mol. The number of ether oxygens (including phenoxy) is 3. The number of benzene rings is 2. The maximum absolute atomic E-state index is 12.0. The molecular weight excluding hydrogens is 446 g/mol. The number of carbonyl (C=O) groups is 1.